The molecule has 6 rings (SSSR count). The number of aromatic carboxylic acids is 4. The van der Waals surface area contributed by atoms with Gasteiger partial charge < -0.3 is 30.4 Å². The van der Waals surface area contributed by atoms with E-state index in [0.29, 0.717) is 0 Å². The molecular weight excluding hydrogens is 652 g/mol. The number of carboxylic acids is 4. The lowest BCUT2D eigenvalue weighted by Gasteiger charge is -2.01. The van der Waals surface area contributed by atoms with E-state index in [2.05, 4.69) is 35.9 Å². The molecule has 0 fully saturated rings. The number of H-pyrrole nitrogens is 4. The third-order valence-electron chi connectivity index (χ3n) is 7.12. The highest BCUT2D eigenvalue weighted by molar-refractivity contribution is 6.06. The molecule has 0 aromatic carbocycles. The maximum absolute atomic E-state index is 13.3. The second kappa shape index (κ2) is 11.5. The van der Waals surface area contributed by atoms with Gasteiger partial charge in [-0.1, -0.05) is 0 Å². The summed E-state index contributed by atoms with van der Waals surface area (Å²) in [5.41, 5.74) is -5.50. The zero-order valence-electron chi connectivity index (χ0n) is 24.0. The fourth-order valence-electron chi connectivity index (χ4n) is 4.92. The average Bonchev–Trinajstić information content (AvgIpc) is 3.56. The standard InChI is InChI=1S/C29H16N8O12/c38-22-12(16(28(46)47)18-20(32-22)34-36(24(18)40)14-6-4-10(8-30-14)26(42)43)2-1-3-13-17(29(48)49)19-21(33-23(13)39)35-37(25(19)41)15-7-5-11(9-31-15)27(44)45/h2-9H,(H,42,43)(H,44,45)(H,46,47)(H,48,49)(H2,32,34,38)(H2,33,35,39). The topological polar surface area (TPSA) is 316 Å². The van der Waals surface area contributed by atoms with Crippen molar-refractivity contribution in [3.05, 3.63) is 117 Å². The van der Waals surface area contributed by atoms with Crippen LogP contribution in [0.15, 0.2) is 61.6 Å². The van der Waals surface area contributed by atoms with Crippen molar-refractivity contribution in [1.82, 2.24) is 39.5 Å². The quantitative estimate of drug-likeness (QED) is 0.101. The molecule has 0 aliphatic heterocycles. The maximum atomic E-state index is 13.3. The molecule has 0 unspecified atom stereocenters. The van der Waals surface area contributed by atoms with Gasteiger partial charge >= 0.3 is 23.9 Å². The first-order valence-electron chi connectivity index (χ1n) is 13.4. The predicted octanol–water partition coefficient (Wildman–Crippen LogP) is 0.236. The molecule has 6 aromatic rings. The molecular formula is C29H16N8O12. The number of carboxylic acid groups (broad SMARTS) is 4. The minimum Gasteiger partial charge on any atom is -0.478 e. The van der Waals surface area contributed by atoms with E-state index < -0.39 is 79.1 Å². The number of aromatic amines is 4. The molecule has 0 bridgehead atoms. The molecule has 0 radical (unpaired) electrons. The summed E-state index contributed by atoms with van der Waals surface area (Å²) < 4.78 is 1.55. The summed E-state index contributed by atoms with van der Waals surface area (Å²) in [5.74, 6) is -6.26. The minimum atomic E-state index is -1.72. The zero-order valence-corrected chi connectivity index (χ0v) is 24.0. The van der Waals surface area contributed by atoms with E-state index in [-0.39, 0.29) is 34.1 Å². The number of hydrogen-bond acceptors (Lipinski definition) is 10. The van der Waals surface area contributed by atoms with Crippen molar-refractivity contribution in [3.8, 4) is 11.6 Å². The maximum Gasteiger partial charge on any atom is 0.337 e. The Labute approximate surface area is 266 Å². The van der Waals surface area contributed by atoms with Crippen LogP contribution in [0, 0.1) is 0 Å². The van der Waals surface area contributed by atoms with Gasteiger partial charge in [0.1, 0.15) is 11.3 Å². The predicted molar refractivity (Wildman–Crippen MR) is 165 cm³/mol. The molecule has 244 valence electrons. The molecule has 6 aromatic heterocycles. The molecule has 8 N–H and O–H groups in total. The molecule has 0 atom stereocenters. The van der Waals surface area contributed by atoms with Crippen molar-refractivity contribution < 1.29 is 39.6 Å². The Balaban J connectivity index is 1.50. The second-order valence-corrected chi connectivity index (χ2v) is 9.98. The van der Waals surface area contributed by atoms with Crippen LogP contribution in [0.4, 0.5) is 0 Å². The average molecular weight is 668 g/mol. The summed E-state index contributed by atoms with van der Waals surface area (Å²) in [7, 11) is 0. The summed E-state index contributed by atoms with van der Waals surface area (Å²) in [6.07, 6.45) is 3.49. The van der Waals surface area contributed by atoms with Crippen molar-refractivity contribution in [3.63, 3.8) is 0 Å². The van der Waals surface area contributed by atoms with Gasteiger partial charge in [-0.25, -0.2) is 29.1 Å². The number of hydrogen-bond donors (Lipinski definition) is 8. The first-order valence-corrected chi connectivity index (χ1v) is 13.4. The highest BCUT2D eigenvalue weighted by atomic mass is 16.4. The van der Waals surface area contributed by atoms with E-state index in [1.54, 1.807) is 0 Å². The Kier molecular flexibility index (Phi) is 7.30. The Hall–Kier alpha value is -7.86. The van der Waals surface area contributed by atoms with Crippen molar-refractivity contribution >= 4 is 58.1 Å². The van der Waals surface area contributed by atoms with Crippen molar-refractivity contribution in [2.24, 2.45) is 0 Å². The van der Waals surface area contributed by atoms with Gasteiger partial charge in [-0.2, -0.15) is 9.36 Å². The molecule has 0 saturated heterocycles. The van der Waals surface area contributed by atoms with E-state index in [1.807, 2.05) is 0 Å². The van der Waals surface area contributed by atoms with Crippen LogP contribution in [0.2, 0.25) is 0 Å². The van der Waals surface area contributed by atoms with Gasteiger partial charge in [0.2, 0.25) is 0 Å². The van der Waals surface area contributed by atoms with Crippen molar-refractivity contribution in [2.75, 3.05) is 0 Å². The normalized spacial score (nSPS) is 10.9. The summed E-state index contributed by atoms with van der Waals surface area (Å²) in [6.45, 7) is 0. The lowest BCUT2D eigenvalue weighted by Crippen LogP contribution is -2.20. The fourth-order valence-corrected chi connectivity index (χ4v) is 4.92. The monoisotopic (exact) mass is 668 g/mol. The highest BCUT2D eigenvalue weighted by Gasteiger charge is 2.25. The molecule has 0 spiro atoms. The van der Waals surface area contributed by atoms with Gasteiger partial charge in [0.05, 0.1) is 44.2 Å². The molecule has 0 amide bonds. The van der Waals surface area contributed by atoms with Crippen LogP contribution >= 0.6 is 0 Å². The fraction of sp³-hybridized carbons (Fsp3) is 0. The highest BCUT2D eigenvalue weighted by Crippen LogP contribution is 2.19. The largest absolute Gasteiger partial charge is 0.478 e. The molecule has 0 saturated carbocycles. The lowest BCUT2D eigenvalue weighted by molar-refractivity contribution is 0.0685. The van der Waals surface area contributed by atoms with E-state index >= 15 is 0 Å². The van der Waals surface area contributed by atoms with Gasteiger partial charge in [-0.15, -0.1) is 5.73 Å². The number of pyridine rings is 4. The third-order valence-corrected chi connectivity index (χ3v) is 7.12. The smallest absolute Gasteiger partial charge is 0.337 e. The molecule has 49 heavy (non-hydrogen) atoms. The number of fused-ring (bicyclic) bond motifs is 2. The van der Waals surface area contributed by atoms with E-state index in [9.17, 15) is 48.6 Å². The van der Waals surface area contributed by atoms with Crippen LogP contribution in [0.25, 0.3) is 45.9 Å². The number of nitrogens with zero attached hydrogens (tertiary/aromatic N) is 4. The number of carbonyl (C=O) groups is 4. The van der Waals surface area contributed by atoms with Gasteiger partial charge in [0.25, 0.3) is 22.2 Å². The zero-order chi connectivity index (χ0) is 35.3. The summed E-state index contributed by atoms with van der Waals surface area (Å²) in [6, 6.07) is 4.62. The Morgan fingerprint density at radius 1 is 0.612 bits per heavy atom. The SMILES string of the molecule is O=C(O)c1ccc(-n2[nH]c3[nH]c(=O)c(C=C=Cc4c(C(=O)O)c5c(=O)n(-c6ccc(C(=O)O)cn6)[nH]c5[nH]c4=O)c(C(=O)O)c3c2=O)nc1. The summed E-state index contributed by atoms with van der Waals surface area (Å²) in [4.78, 5) is 112. The second-order valence-electron chi connectivity index (χ2n) is 9.98. The Morgan fingerprint density at radius 3 is 1.31 bits per heavy atom. The molecule has 6 heterocycles. The Morgan fingerprint density at radius 2 is 1.00 bits per heavy atom. The number of nitrogens with one attached hydrogen (secondary N) is 4. The first kappa shape index (κ1) is 31.1. The first-order chi connectivity index (χ1) is 23.3. The molecule has 20 heteroatoms. The number of rotatable bonds is 8. The lowest BCUT2D eigenvalue weighted by atomic mass is 10.0. The van der Waals surface area contributed by atoms with Crippen molar-refractivity contribution in [2.45, 2.75) is 0 Å². The van der Waals surface area contributed by atoms with Gasteiger partial charge in [0.15, 0.2) is 11.6 Å². The van der Waals surface area contributed by atoms with E-state index in [1.165, 1.54) is 12.1 Å². The summed E-state index contributed by atoms with van der Waals surface area (Å²) >= 11 is 0. The molecule has 0 aliphatic carbocycles. The van der Waals surface area contributed by atoms with E-state index in [4.69, 9.17) is 10.2 Å². The van der Waals surface area contributed by atoms with Crippen LogP contribution < -0.4 is 22.2 Å². The van der Waals surface area contributed by atoms with Gasteiger partial charge in [-0.05, 0) is 36.4 Å². The molecule has 0 aliphatic rings. The van der Waals surface area contributed by atoms with E-state index in [0.717, 1.165) is 46.0 Å². The van der Waals surface area contributed by atoms with Crippen LogP contribution in [0.3, 0.4) is 0 Å². The van der Waals surface area contributed by atoms with Gasteiger partial charge in [-0.3, -0.25) is 29.4 Å². The number of aromatic nitrogens is 8. The summed E-state index contributed by atoms with van der Waals surface area (Å²) in [5, 5.41) is 42.1. The van der Waals surface area contributed by atoms with Crippen LogP contribution in [-0.4, -0.2) is 83.8 Å². The van der Waals surface area contributed by atoms with Crippen LogP contribution in [0.1, 0.15) is 52.6 Å². The van der Waals surface area contributed by atoms with Gasteiger partial charge in [0, 0.05) is 12.4 Å². The molecule has 20 nitrogen and oxygen atoms in total. The third kappa shape index (κ3) is 5.18. The Bertz CT molecular complexity index is 2550. The minimum absolute atomic E-state index is 0.131. The van der Waals surface area contributed by atoms with Crippen molar-refractivity contribution in [1.29, 1.82) is 0 Å². The van der Waals surface area contributed by atoms with Crippen LogP contribution in [-0.2, 0) is 0 Å². The van der Waals surface area contributed by atoms with Crippen LogP contribution in [0.5, 0.6) is 0 Å².